The molecule has 0 spiro atoms. The predicted octanol–water partition coefficient (Wildman–Crippen LogP) is 2.40. The summed E-state index contributed by atoms with van der Waals surface area (Å²) in [6, 6.07) is 0. The number of ether oxygens (including phenoxy) is 2. The number of esters is 2. The van der Waals surface area contributed by atoms with Crippen molar-refractivity contribution in [2.75, 3.05) is 13.2 Å². The largest absolute Gasteiger partial charge is 0.466 e. The fourth-order valence-electron chi connectivity index (χ4n) is 7.78. The van der Waals surface area contributed by atoms with Crippen LogP contribution in [0.4, 0.5) is 4.39 Å². The molecule has 3 fully saturated rings. The summed E-state index contributed by atoms with van der Waals surface area (Å²) in [6.45, 7) is 6.08. The lowest BCUT2D eigenvalue weighted by Gasteiger charge is -2.62. The summed E-state index contributed by atoms with van der Waals surface area (Å²) in [5.41, 5.74) is -5.70. The molecule has 0 aromatic rings. The minimum atomic E-state index is -2.07. The van der Waals surface area contributed by atoms with Crippen molar-refractivity contribution in [3.63, 3.8) is 0 Å². The number of rotatable bonds is 6. The molecule has 0 amide bonds. The Hall–Kier alpha value is -2.39. The van der Waals surface area contributed by atoms with Gasteiger partial charge in [-0.1, -0.05) is 25.5 Å². The van der Waals surface area contributed by atoms with E-state index in [1.165, 1.54) is 12.2 Å². The van der Waals surface area contributed by atoms with Crippen molar-refractivity contribution in [3.8, 4) is 0 Å². The van der Waals surface area contributed by atoms with E-state index in [-0.39, 0.29) is 18.8 Å². The Kier molecular flexibility index (Phi) is 6.57. The number of Topliss-reactive ketones (excluding diaryl/α,β-unsaturated/α-hetero) is 1. The minimum Gasteiger partial charge on any atom is -0.466 e. The van der Waals surface area contributed by atoms with Crippen molar-refractivity contribution in [2.24, 2.45) is 28.6 Å². The Morgan fingerprint density at radius 1 is 1.17 bits per heavy atom. The molecule has 0 heterocycles. The molecule has 0 saturated heterocycles. The summed E-state index contributed by atoms with van der Waals surface area (Å²) >= 11 is 0. The number of halogens is 1. The first-order valence-corrected chi connectivity index (χ1v) is 12.6. The highest BCUT2D eigenvalue weighted by Gasteiger charge is 2.75. The quantitative estimate of drug-likeness (QED) is 0.415. The number of alkyl halides is 1. The van der Waals surface area contributed by atoms with Crippen molar-refractivity contribution in [3.05, 3.63) is 23.8 Å². The SMILES string of the molecule is CCOC(=O)CC(=O)OCC(=O)[C@@]1(O)[C@@H](C)C[C@H]2[C@@H]3CCC4=CC(=O)C=C[C@]4(C)[C@@]3(F)C(O)C[C@@]21C. The summed E-state index contributed by atoms with van der Waals surface area (Å²) in [7, 11) is 0. The Morgan fingerprint density at radius 3 is 2.50 bits per heavy atom. The molecular formula is C27H35FO8. The smallest absolute Gasteiger partial charge is 0.317 e. The van der Waals surface area contributed by atoms with Gasteiger partial charge in [-0.25, -0.2) is 4.39 Å². The van der Waals surface area contributed by atoms with Crippen molar-refractivity contribution < 1.29 is 43.3 Å². The maximum Gasteiger partial charge on any atom is 0.317 e. The maximum atomic E-state index is 17.2. The summed E-state index contributed by atoms with van der Waals surface area (Å²) < 4.78 is 26.8. The fraction of sp³-hybridized carbons (Fsp3) is 0.704. The molecule has 2 N–H and O–H groups in total. The van der Waals surface area contributed by atoms with Gasteiger partial charge in [-0.2, -0.15) is 0 Å². The van der Waals surface area contributed by atoms with Crippen molar-refractivity contribution >= 4 is 23.5 Å². The highest BCUT2D eigenvalue weighted by Crippen LogP contribution is 2.70. The third kappa shape index (κ3) is 3.53. The number of allylic oxidation sites excluding steroid dienone is 4. The molecule has 1 unspecified atom stereocenters. The van der Waals surface area contributed by atoms with E-state index in [0.717, 1.165) is 0 Å². The standard InChI is InChI=1S/C27H35FO8/c1-5-35-22(32)12-23(33)36-14-21(31)27(34)15(2)10-19-18-7-6-16-11-17(29)8-9-24(16,3)26(18,28)20(30)13-25(19,27)4/h8-9,11,15,18-20,30,34H,5-7,10,12-14H2,1-4H3/t15-,18-,19-,20?,24-,25-,26-,27-/m0/s1. The minimum absolute atomic E-state index is 0.101. The number of carbonyl (C=O) groups excluding carboxylic acids is 4. The second-order valence-corrected chi connectivity index (χ2v) is 11.2. The topological polar surface area (TPSA) is 127 Å². The van der Waals surface area contributed by atoms with Gasteiger partial charge in [-0.15, -0.1) is 0 Å². The Balaban J connectivity index is 1.60. The van der Waals surface area contributed by atoms with Crippen molar-refractivity contribution in [2.45, 2.75) is 77.2 Å². The lowest BCUT2D eigenvalue weighted by atomic mass is 9.44. The van der Waals surface area contributed by atoms with Crippen LogP contribution in [0.5, 0.6) is 0 Å². The first-order valence-electron chi connectivity index (χ1n) is 12.6. The van der Waals surface area contributed by atoms with E-state index >= 15 is 4.39 Å². The number of hydrogen-bond acceptors (Lipinski definition) is 8. The normalized spacial score (nSPS) is 43.1. The van der Waals surface area contributed by atoms with Crippen LogP contribution in [0, 0.1) is 28.6 Å². The van der Waals surface area contributed by atoms with E-state index in [1.807, 2.05) is 0 Å². The second kappa shape index (κ2) is 8.87. The van der Waals surface area contributed by atoms with Gasteiger partial charge < -0.3 is 19.7 Å². The number of aliphatic hydroxyl groups is 2. The summed E-state index contributed by atoms with van der Waals surface area (Å²) in [5, 5.41) is 23.2. The van der Waals surface area contributed by atoms with Gasteiger partial charge in [-0.3, -0.25) is 19.2 Å². The van der Waals surface area contributed by atoms with Crippen LogP contribution in [-0.2, 0) is 28.7 Å². The lowest BCUT2D eigenvalue weighted by molar-refractivity contribution is -0.220. The highest BCUT2D eigenvalue weighted by atomic mass is 19.1. The fourth-order valence-corrected chi connectivity index (χ4v) is 7.78. The van der Waals surface area contributed by atoms with E-state index in [2.05, 4.69) is 0 Å². The Labute approximate surface area is 209 Å². The zero-order valence-electron chi connectivity index (χ0n) is 21.2. The zero-order valence-corrected chi connectivity index (χ0v) is 21.2. The van der Waals surface area contributed by atoms with E-state index in [1.54, 1.807) is 33.8 Å². The van der Waals surface area contributed by atoms with Crippen molar-refractivity contribution in [1.82, 2.24) is 0 Å². The molecule has 8 nitrogen and oxygen atoms in total. The third-order valence-electron chi connectivity index (χ3n) is 9.61. The Bertz CT molecular complexity index is 1050. The van der Waals surface area contributed by atoms with Crippen LogP contribution in [0.3, 0.4) is 0 Å². The van der Waals surface area contributed by atoms with Crippen molar-refractivity contribution in [1.29, 1.82) is 0 Å². The predicted molar refractivity (Wildman–Crippen MR) is 125 cm³/mol. The van der Waals surface area contributed by atoms with E-state index < -0.39 is 76.7 Å². The zero-order chi connectivity index (χ0) is 26.7. The highest BCUT2D eigenvalue weighted by molar-refractivity contribution is 6.01. The van der Waals surface area contributed by atoms with Gasteiger partial charge in [0.2, 0.25) is 5.78 Å². The van der Waals surface area contributed by atoms with E-state index in [0.29, 0.717) is 24.8 Å². The number of aliphatic hydroxyl groups excluding tert-OH is 1. The van der Waals surface area contributed by atoms with Crippen LogP contribution in [0.1, 0.15) is 59.8 Å². The average Bonchev–Trinajstić information content (AvgIpc) is 3.00. The second-order valence-electron chi connectivity index (χ2n) is 11.2. The molecule has 4 aliphatic carbocycles. The van der Waals surface area contributed by atoms with Crippen LogP contribution < -0.4 is 0 Å². The van der Waals surface area contributed by atoms with Crippen LogP contribution in [0.15, 0.2) is 23.8 Å². The third-order valence-corrected chi connectivity index (χ3v) is 9.61. The molecule has 198 valence electrons. The molecular weight excluding hydrogens is 471 g/mol. The van der Waals surface area contributed by atoms with Crippen LogP contribution in [-0.4, -0.2) is 64.3 Å². The molecule has 0 aromatic heterocycles. The number of ketones is 2. The molecule has 4 aliphatic rings. The number of carbonyl (C=O) groups is 4. The number of hydrogen-bond donors (Lipinski definition) is 2. The van der Waals surface area contributed by atoms with Gasteiger partial charge in [0.1, 0.15) is 12.0 Å². The molecule has 8 atom stereocenters. The monoisotopic (exact) mass is 506 g/mol. The van der Waals surface area contributed by atoms with Gasteiger partial charge in [0.05, 0.1) is 12.7 Å². The number of fused-ring (bicyclic) bond motifs is 5. The molecule has 4 rings (SSSR count). The Morgan fingerprint density at radius 2 is 1.83 bits per heavy atom. The van der Waals surface area contributed by atoms with Gasteiger partial charge in [0, 0.05) is 16.7 Å². The maximum absolute atomic E-state index is 17.2. The van der Waals surface area contributed by atoms with Crippen LogP contribution in [0.25, 0.3) is 0 Å². The van der Waals surface area contributed by atoms with Crippen LogP contribution >= 0.6 is 0 Å². The molecule has 0 aliphatic heterocycles. The summed E-state index contributed by atoms with van der Waals surface area (Å²) in [6.07, 6.45) is 3.26. The van der Waals surface area contributed by atoms with Gasteiger partial charge in [0.15, 0.2) is 18.1 Å². The summed E-state index contributed by atoms with van der Waals surface area (Å²) in [5.74, 6) is -4.30. The van der Waals surface area contributed by atoms with Gasteiger partial charge in [0.25, 0.3) is 0 Å². The average molecular weight is 507 g/mol. The molecule has 3 saturated carbocycles. The molecule has 9 heteroatoms. The van der Waals surface area contributed by atoms with Gasteiger partial charge >= 0.3 is 11.9 Å². The first-order chi connectivity index (χ1) is 16.8. The molecule has 0 aromatic carbocycles. The molecule has 36 heavy (non-hydrogen) atoms. The molecule has 0 radical (unpaired) electrons. The van der Waals surface area contributed by atoms with Crippen LogP contribution in [0.2, 0.25) is 0 Å². The summed E-state index contributed by atoms with van der Waals surface area (Å²) in [4.78, 5) is 48.8. The first kappa shape index (κ1) is 26.7. The lowest BCUT2D eigenvalue weighted by Crippen LogP contribution is -2.69. The molecule has 0 bridgehead atoms. The van der Waals surface area contributed by atoms with E-state index in [4.69, 9.17) is 9.47 Å². The van der Waals surface area contributed by atoms with Gasteiger partial charge in [-0.05, 0) is 63.5 Å². The van der Waals surface area contributed by atoms with E-state index in [9.17, 15) is 29.4 Å².